The van der Waals surface area contributed by atoms with Gasteiger partial charge in [0, 0.05) is 19.5 Å². The highest BCUT2D eigenvalue weighted by atomic mass is 32.2. The van der Waals surface area contributed by atoms with Crippen molar-refractivity contribution >= 4 is 40.1 Å². The Hall–Kier alpha value is -0.620. The molecule has 1 rings (SSSR count). The van der Waals surface area contributed by atoms with Gasteiger partial charge in [-0.25, -0.2) is 0 Å². The number of hydrogen-bond donors (Lipinski definition) is 1. The molecule has 4 nitrogen and oxygen atoms in total. The van der Waals surface area contributed by atoms with Crippen molar-refractivity contribution in [3.63, 3.8) is 0 Å². The first-order valence-electron chi connectivity index (χ1n) is 7.88. The van der Waals surface area contributed by atoms with Crippen LogP contribution in [0.4, 0.5) is 0 Å². The van der Waals surface area contributed by atoms with Gasteiger partial charge in [0.2, 0.25) is 11.8 Å². The molecule has 1 fully saturated rings. The number of nitrogens with one attached hydrogen (secondary N) is 1. The molecule has 21 heavy (non-hydrogen) atoms. The Labute approximate surface area is 137 Å². The summed E-state index contributed by atoms with van der Waals surface area (Å²) in [7, 11) is 0. The van der Waals surface area contributed by atoms with Crippen LogP contribution < -0.4 is 5.32 Å². The van der Waals surface area contributed by atoms with E-state index in [1.165, 1.54) is 11.8 Å². The average Bonchev–Trinajstić information content (AvgIpc) is 2.74. The van der Waals surface area contributed by atoms with E-state index in [1.807, 2.05) is 6.92 Å². The molecule has 0 aromatic heterocycles. The molecule has 0 aromatic carbocycles. The van der Waals surface area contributed by atoms with E-state index in [2.05, 4.69) is 12.2 Å². The van der Waals surface area contributed by atoms with E-state index in [0.717, 1.165) is 45.1 Å². The summed E-state index contributed by atoms with van der Waals surface area (Å²) in [5.41, 5.74) is 0. The Morgan fingerprint density at radius 1 is 1.29 bits per heavy atom. The third kappa shape index (κ3) is 6.34. The van der Waals surface area contributed by atoms with Crippen LogP contribution in [0.15, 0.2) is 0 Å². The number of thiocarbonyl (C=S) groups is 1. The zero-order valence-electron chi connectivity index (χ0n) is 13.0. The van der Waals surface area contributed by atoms with Crippen molar-refractivity contribution in [1.82, 2.24) is 10.2 Å². The van der Waals surface area contributed by atoms with Gasteiger partial charge in [-0.05, 0) is 25.7 Å². The first-order valence-corrected chi connectivity index (χ1v) is 9.17. The lowest BCUT2D eigenvalue weighted by Gasteiger charge is -2.15. The third-order valence-corrected chi connectivity index (χ3v) is 5.26. The summed E-state index contributed by atoms with van der Waals surface area (Å²) >= 11 is 6.75. The van der Waals surface area contributed by atoms with Crippen LogP contribution in [0.1, 0.15) is 58.8 Å². The second-order valence-corrected chi connectivity index (χ2v) is 7.12. The van der Waals surface area contributed by atoms with Crippen molar-refractivity contribution in [3.05, 3.63) is 0 Å². The van der Waals surface area contributed by atoms with Crippen LogP contribution in [0, 0.1) is 0 Å². The molecule has 1 unspecified atom stereocenters. The Balaban J connectivity index is 2.10. The van der Waals surface area contributed by atoms with E-state index in [-0.39, 0.29) is 17.1 Å². The second kappa shape index (κ2) is 10.2. The van der Waals surface area contributed by atoms with E-state index in [9.17, 15) is 9.59 Å². The molecule has 120 valence electrons. The SMILES string of the molecule is CCCCNC(=O)CCCCCN1C(=O)C(CC)SC1=S. The van der Waals surface area contributed by atoms with E-state index in [0.29, 0.717) is 17.3 Å². The summed E-state index contributed by atoms with van der Waals surface area (Å²) in [6, 6.07) is 0. The molecule has 0 aliphatic carbocycles. The van der Waals surface area contributed by atoms with Crippen molar-refractivity contribution in [2.45, 2.75) is 64.0 Å². The van der Waals surface area contributed by atoms with Crippen molar-refractivity contribution in [1.29, 1.82) is 0 Å². The van der Waals surface area contributed by atoms with Crippen LogP contribution in [0.25, 0.3) is 0 Å². The van der Waals surface area contributed by atoms with Crippen LogP contribution in [0.3, 0.4) is 0 Å². The van der Waals surface area contributed by atoms with Crippen LogP contribution in [0.2, 0.25) is 0 Å². The normalized spacial score (nSPS) is 18.4. The molecule has 1 aliphatic heterocycles. The molecule has 0 radical (unpaired) electrons. The molecule has 2 amide bonds. The molecule has 6 heteroatoms. The molecule has 0 aromatic rings. The summed E-state index contributed by atoms with van der Waals surface area (Å²) in [4.78, 5) is 25.3. The number of unbranched alkanes of at least 4 members (excludes halogenated alkanes) is 3. The topological polar surface area (TPSA) is 49.4 Å². The summed E-state index contributed by atoms with van der Waals surface area (Å²) in [6.45, 7) is 5.59. The molecule has 1 N–H and O–H groups in total. The standard InChI is InChI=1S/C15H26N2O2S2/c1-3-5-10-16-13(18)9-7-6-8-11-17-14(19)12(4-2)21-15(17)20/h12H,3-11H2,1-2H3,(H,16,18). The first kappa shape index (κ1) is 18.4. The summed E-state index contributed by atoms with van der Waals surface area (Å²) in [6.07, 6.45) is 6.28. The molecule has 1 heterocycles. The van der Waals surface area contributed by atoms with Gasteiger partial charge in [-0.1, -0.05) is 50.7 Å². The van der Waals surface area contributed by atoms with E-state index in [1.54, 1.807) is 4.90 Å². The largest absolute Gasteiger partial charge is 0.356 e. The molecule has 1 atom stereocenters. The zero-order valence-corrected chi connectivity index (χ0v) is 14.7. The van der Waals surface area contributed by atoms with Crippen molar-refractivity contribution in [3.8, 4) is 0 Å². The lowest BCUT2D eigenvalue weighted by molar-refractivity contribution is -0.126. The zero-order chi connectivity index (χ0) is 15.7. The highest BCUT2D eigenvalue weighted by Gasteiger charge is 2.34. The van der Waals surface area contributed by atoms with Crippen molar-refractivity contribution in [2.75, 3.05) is 13.1 Å². The van der Waals surface area contributed by atoms with Gasteiger partial charge >= 0.3 is 0 Å². The quantitative estimate of drug-likeness (QED) is 0.494. The Morgan fingerprint density at radius 2 is 2.05 bits per heavy atom. The third-order valence-electron chi connectivity index (χ3n) is 3.51. The van der Waals surface area contributed by atoms with Gasteiger partial charge in [0.1, 0.15) is 4.32 Å². The van der Waals surface area contributed by atoms with Gasteiger partial charge < -0.3 is 5.32 Å². The van der Waals surface area contributed by atoms with Gasteiger partial charge in [-0.15, -0.1) is 0 Å². The molecule has 1 aliphatic rings. The number of rotatable bonds is 10. The summed E-state index contributed by atoms with van der Waals surface area (Å²) in [5, 5.41) is 2.93. The lowest BCUT2D eigenvalue weighted by Crippen LogP contribution is -2.32. The fourth-order valence-electron chi connectivity index (χ4n) is 2.18. The van der Waals surface area contributed by atoms with Gasteiger partial charge in [-0.2, -0.15) is 0 Å². The number of nitrogens with zero attached hydrogens (tertiary/aromatic N) is 1. The maximum absolute atomic E-state index is 12.0. The summed E-state index contributed by atoms with van der Waals surface area (Å²) < 4.78 is 0.712. The Bertz CT molecular complexity index is 375. The maximum atomic E-state index is 12.0. The molecular formula is C15H26N2O2S2. The van der Waals surface area contributed by atoms with E-state index >= 15 is 0 Å². The van der Waals surface area contributed by atoms with Crippen molar-refractivity contribution in [2.24, 2.45) is 0 Å². The summed E-state index contributed by atoms with van der Waals surface area (Å²) in [5.74, 6) is 0.294. The van der Waals surface area contributed by atoms with Gasteiger partial charge in [0.05, 0.1) is 5.25 Å². The van der Waals surface area contributed by atoms with Crippen LogP contribution >= 0.6 is 24.0 Å². The van der Waals surface area contributed by atoms with Crippen molar-refractivity contribution < 1.29 is 9.59 Å². The smallest absolute Gasteiger partial charge is 0.241 e. The Morgan fingerprint density at radius 3 is 2.67 bits per heavy atom. The van der Waals surface area contributed by atoms with Gasteiger partial charge in [-0.3, -0.25) is 14.5 Å². The lowest BCUT2D eigenvalue weighted by atomic mass is 10.1. The highest BCUT2D eigenvalue weighted by Crippen LogP contribution is 2.29. The van der Waals surface area contributed by atoms with Crippen LogP contribution in [-0.2, 0) is 9.59 Å². The van der Waals surface area contributed by atoms with E-state index in [4.69, 9.17) is 12.2 Å². The number of thioether (sulfide) groups is 1. The highest BCUT2D eigenvalue weighted by molar-refractivity contribution is 8.24. The molecule has 0 saturated carbocycles. The predicted molar refractivity (Wildman–Crippen MR) is 92.4 cm³/mol. The fraction of sp³-hybridized carbons (Fsp3) is 0.800. The number of carbonyl (C=O) groups excluding carboxylic acids is 2. The molecular weight excluding hydrogens is 304 g/mol. The number of hydrogen-bond acceptors (Lipinski definition) is 4. The first-order chi connectivity index (χ1) is 10.1. The monoisotopic (exact) mass is 330 g/mol. The van der Waals surface area contributed by atoms with Gasteiger partial charge in [0.25, 0.3) is 0 Å². The second-order valence-electron chi connectivity index (χ2n) is 5.28. The van der Waals surface area contributed by atoms with E-state index < -0.39 is 0 Å². The maximum Gasteiger partial charge on any atom is 0.241 e. The Kier molecular flexibility index (Phi) is 8.92. The average molecular weight is 331 g/mol. The molecule has 0 bridgehead atoms. The number of amides is 2. The van der Waals surface area contributed by atoms with Crippen LogP contribution in [0.5, 0.6) is 0 Å². The minimum atomic E-state index is 0.0156. The predicted octanol–water partition coefficient (Wildman–Crippen LogP) is 3.10. The van der Waals surface area contributed by atoms with Gasteiger partial charge in [0.15, 0.2) is 0 Å². The van der Waals surface area contributed by atoms with Crippen LogP contribution in [-0.4, -0.2) is 39.4 Å². The molecule has 1 saturated heterocycles. The fourth-order valence-corrected chi connectivity index (χ4v) is 3.66. The molecule has 0 spiro atoms. The minimum Gasteiger partial charge on any atom is -0.356 e. The number of carbonyl (C=O) groups is 2. The minimum absolute atomic E-state index is 0.0156.